The van der Waals surface area contributed by atoms with Gasteiger partial charge in [0.1, 0.15) is 5.52 Å². The van der Waals surface area contributed by atoms with Gasteiger partial charge < -0.3 is 4.98 Å². The number of H-pyrrole nitrogens is 2. The summed E-state index contributed by atoms with van der Waals surface area (Å²) in [7, 11) is 0. The lowest BCUT2D eigenvalue weighted by atomic mass is 10.1. The molecule has 0 aliphatic rings. The van der Waals surface area contributed by atoms with Crippen molar-refractivity contribution >= 4 is 22.8 Å². The van der Waals surface area contributed by atoms with Gasteiger partial charge in [-0.2, -0.15) is 10.1 Å². The van der Waals surface area contributed by atoms with Crippen LogP contribution in [0.3, 0.4) is 0 Å². The molecule has 0 saturated heterocycles. The minimum atomic E-state index is -0.240. The number of aromatic amines is 2. The van der Waals surface area contributed by atoms with E-state index in [9.17, 15) is 4.79 Å². The van der Waals surface area contributed by atoms with Gasteiger partial charge in [-0.1, -0.05) is 38.1 Å². The number of hydrogen-bond donors (Lipinski definition) is 2. The first-order valence-corrected chi connectivity index (χ1v) is 8.27. The Bertz CT molecular complexity index is 1020. The van der Waals surface area contributed by atoms with Crippen LogP contribution < -0.4 is 5.69 Å². The molecule has 0 fully saturated rings. The average molecular weight is 357 g/mol. The largest absolute Gasteiger partial charge is 0.328 e. The summed E-state index contributed by atoms with van der Waals surface area (Å²) in [6.45, 7) is 4.40. The fourth-order valence-electron chi connectivity index (χ4n) is 2.47. The van der Waals surface area contributed by atoms with Gasteiger partial charge >= 0.3 is 5.69 Å². The van der Waals surface area contributed by atoms with Crippen molar-refractivity contribution < 1.29 is 0 Å². The number of rotatable bonds is 3. The zero-order chi connectivity index (χ0) is 17.8. The summed E-state index contributed by atoms with van der Waals surface area (Å²) < 4.78 is 1.54. The molecule has 0 amide bonds. The van der Waals surface area contributed by atoms with E-state index >= 15 is 0 Å². The molecule has 128 valence electrons. The summed E-state index contributed by atoms with van der Waals surface area (Å²) in [6, 6.07) is 7.91. The number of benzene rings is 1. The Morgan fingerprint density at radius 2 is 1.88 bits per heavy atom. The molecule has 3 aromatic heterocycles. The van der Waals surface area contributed by atoms with Gasteiger partial charge in [0.15, 0.2) is 5.65 Å². The Morgan fingerprint density at radius 3 is 2.56 bits per heavy atom. The molecule has 0 radical (unpaired) electrons. The van der Waals surface area contributed by atoms with Gasteiger partial charge in [-0.3, -0.25) is 9.67 Å². The molecule has 0 spiro atoms. The van der Waals surface area contributed by atoms with Crippen LogP contribution in [0.4, 0.5) is 0 Å². The maximum absolute atomic E-state index is 12.1. The van der Waals surface area contributed by atoms with Gasteiger partial charge in [0.25, 0.3) is 0 Å². The Balaban J connectivity index is 0.000000880. The maximum atomic E-state index is 12.1. The summed E-state index contributed by atoms with van der Waals surface area (Å²) >= 11 is 5.82. The zero-order valence-corrected chi connectivity index (χ0v) is 14.6. The van der Waals surface area contributed by atoms with Crippen molar-refractivity contribution in [2.24, 2.45) is 0 Å². The summed E-state index contributed by atoms with van der Waals surface area (Å²) in [4.78, 5) is 22.8. The molecule has 3 heterocycles. The van der Waals surface area contributed by atoms with Gasteiger partial charge in [-0.25, -0.2) is 9.78 Å². The first-order chi connectivity index (χ1) is 12.2. The number of imidazole rings is 1. The third kappa shape index (κ3) is 3.46. The van der Waals surface area contributed by atoms with Crippen molar-refractivity contribution in [3.63, 3.8) is 0 Å². The predicted molar refractivity (Wildman–Crippen MR) is 97.6 cm³/mol. The highest BCUT2D eigenvalue weighted by Crippen LogP contribution is 2.19. The Hall–Kier alpha value is -2.93. The van der Waals surface area contributed by atoms with Crippen LogP contribution in [-0.4, -0.2) is 29.7 Å². The van der Waals surface area contributed by atoms with Crippen molar-refractivity contribution in [3.8, 4) is 11.1 Å². The van der Waals surface area contributed by atoms with Gasteiger partial charge in [-0.05, 0) is 22.7 Å². The van der Waals surface area contributed by atoms with Crippen molar-refractivity contribution in [2.45, 2.75) is 20.4 Å². The minimum Gasteiger partial charge on any atom is -0.303 e. The highest BCUT2D eigenvalue weighted by Gasteiger charge is 2.10. The topological polar surface area (TPSA) is 92.2 Å². The quantitative estimate of drug-likeness (QED) is 0.551. The molecule has 4 rings (SSSR count). The van der Waals surface area contributed by atoms with Crippen LogP contribution in [0.5, 0.6) is 0 Å². The third-order valence-corrected chi connectivity index (χ3v) is 3.79. The second-order valence-electron chi connectivity index (χ2n) is 5.08. The lowest BCUT2D eigenvalue weighted by Gasteiger charge is -2.04. The highest BCUT2D eigenvalue weighted by molar-refractivity contribution is 6.28. The Morgan fingerprint density at radius 1 is 1.12 bits per heavy atom. The van der Waals surface area contributed by atoms with E-state index in [1.165, 1.54) is 10.8 Å². The summed E-state index contributed by atoms with van der Waals surface area (Å²) in [6.07, 6.45) is 5.10. The monoisotopic (exact) mass is 356 g/mol. The van der Waals surface area contributed by atoms with Gasteiger partial charge in [0.2, 0.25) is 5.28 Å². The van der Waals surface area contributed by atoms with Gasteiger partial charge in [0, 0.05) is 11.8 Å². The van der Waals surface area contributed by atoms with E-state index in [-0.39, 0.29) is 11.0 Å². The summed E-state index contributed by atoms with van der Waals surface area (Å²) in [5.74, 6) is 0. The highest BCUT2D eigenvalue weighted by atomic mass is 35.5. The second kappa shape index (κ2) is 7.31. The normalized spacial score (nSPS) is 10.5. The maximum Gasteiger partial charge on any atom is 0.328 e. The van der Waals surface area contributed by atoms with Gasteiger partial charge in [-0.15, -0.1) is 0 Å². The van der Waals surface area contributed by atoms with Crippen molar-refractivity contribution in [1.29, 1.82) is 0 Å². The third-order valence-electron chi connectivity index (χ3n) is 3.61. The van der Waals surface area contributed by atoms with Crippen molar-refractivity contribution in [3.05, 3.63) is 64.2 Å². The molecule has 0 aliphatic heterocycles. The second-order valence-corrected chi connectivity index (χ2v) is 5.41. The standard InChI is InChI=1S/C15H11ClN6O.C2H6/c16-14-17-7-12-13(21-14)22(15(23)20-12)8-9-1-3-10(4-2-9)11-5-18-19-6-11;1-2/h1-7H,8H2,(H,18,19)(H,20,23);1-2H3. The molecule has 0 saturated carbocycles. The summed E-state index contributed by atoms with van der Waals surface area (Å²) in [5, 5.41) is 6.83. The van der Waals surface area contributed by atoms with E-state index in [0.717, 1.165) is 16.7 Å². The molecule has 8 heteroatoms. The minimum absolute atomic E-state index is 0.112. The fraction of sp³-hybridized carbons (Fsp3) is 0.176. The Labute approximate surface area is 148 Å². The van der Waals surface area contributed by atoms with E-state index < -0.39 is 0 Å². The number of hydrogen-bond acceptors (Lipinski definition) is 4. The Kier molecular flexibility index (Phi) is 4.95. The fourth-order valence-corrected chi connectivity index (χ4v) is 2.59. The molecule has 0 bridgehead atoms. The first kappa shape index (κ1) is 16.9. The molecule has 2 N–H and O–H groups in total. The number of aromatic nitrogens is 6. The molecular weight excluding hydrogens is 340 g/mol. The van der Waals surface area contributed by atoms with E-state index in [1.54, 1.807) is 6.20 Å². The van der Waals surface area contributed by atoms with Crippen LogP contribution in [0.15, 0.2) is 47.7 Å². The first-order valence-electron chi connectivity index (χ1n) is 7.90. The molecule has 1 aromatic carbocycles. The zero-order valence-electron chi connectivity index (χ0n) is 13.8. The van der Waals surface area contributed by atoms with Gasteiger partial charge in [0.05, 0.1) is 18.9 Å². The molecule has 25 heavy (non-hydrogen) atoms. The molecular formula is C17H17ClN6O. The van der Waals surface area contributed by atoms with Crippen LogP contribution in [0.25, 0.3) is 22.3 Å². The number of halogens is 1. The molecule has 0 aliphatic carbocycles. The molecule has 0 atom stereocenters. The van der Waals surface area contributed by atoms with Crippen LogP contribution in [0, 0.1) is 0 Å². The lowest BCUT2D eigenvalue weighted by molar-refractivity contribution is 0.777. The van der Waals surface area contributed by atoms with Crippen LogP contribution in [-0.2, 0) is 6.54 Å². The smallest absolute Gasteiger partial charge is 0.303 e. The summed E-state index contributed by atoms with van der Waals surface area (Å²) in [5.41, 5.74) is 3.87. The SMILES string of the molecule is CC.O=c1[nH]c2cnc(Cl)nc2n1Cc1ccc(-c2cn[nH]c2)cc1. The van der Waals surface area contributed by atoms with Crippen LogP contribution in [0.1, 0.15) is 19.4 Å². The number of nitrogens with one attached hydrogen (secondary N) is 2. The van der Waals surface area contributed by atoms with Crippen molar-refractivity contribution in [1.82, 2.24) is 29.7 Å². The average Bonchev–Trinajstić information content (AvgIpc) is 3.27. The van der Waals surface area contributed by atoms with Crippen LogP contribution in [0.2, 0.25) is 5.28 Å². The van der Waals surface area contributed by atoms with E-state index in [4.69, 9.17) is 11.6 Å². The predicted octanol–water partition coefficient (Wildman–Crippen LogP) is 3.24. The van der Waals surface area contributed by atoms with E-state index in [0.29, 0.717) is 17.7 Å². The van der Waals surface area contributed by atoms with Crippen LogP contribution >= 0.6 is 11.6 Å². The number of nitrogens with zero attached hydrogens (tertiary/aromatic N) is 4. The number of fused-ring (bicyclic) bond motifs is 1. The lowest BCUT2D eigenvalue weighted by Crippen LogP contribution is -2.17. The molecule has 0 unspecified atom stereocenters. The van der Waals surface area contributed by atoms with Crippen molar-refractivity contribution in [2.75, 3.05) is 0 Å². The van der Waals surface area contributed by atoms with E-state index in [1.807, 2.05) is 44.3 Å². The molecule has 7 nitrogen and oxygen atoms in total. The molecule has 4 aromatic rings. The van der Waals surface area contributed by atoms with E-state index in [2.05, 4.69) is 25.1 Å².